The fourth-order valence-corrected chi connectivity index (χ4v) is 3.47. The minimum Gasteiger partial charge on any atom is -0.380 e. The number of benzene rings is 1. The quantitative estimate of drug-likeness (QED) is 0.909. The van der Waals surface area contributed by atoms with E-state index in [1.807, 2.05) is 11.8 Å². The van der Waals surface area contributed by atoms with E-state index in [4.69, 9.17) is 9.47 Å². The molecule has 1 N–H and O–H groups in total. The number of hydrogen-bond acceptors (Lipinski definition) is 4. The van der Waals surface area contributed by atoms with E-state index in [9.17, 15) is 4.79 Å². The lowest BCUT2D eigenvalue weighted by molar-refractivity contribution is 0.0431. The van der Waals surface area contributed by atoms with Crippen LogP contribution in [0.25, 0.3) is 0 Å². The number of anilines is 1. The highest BCUT2D eigenvalue weighted by molar-refractivity contribution is 5.75. The van der Waals surface area contributed by atoms with Crippen molar-refractivity contribution in [3.63, 3.8) is 0 Å². The third-order valence-electron chi connectivity index (χ3n) is 5.11. The summed E-state index contributed by atoms with van der Waals surface area (Å²) >= 11 is 0. The van der Waals surface area contributed by atoms with Crippen molar-refractivity contribution < 1.29 is 14.3 Å². The smallest absolute Gasteiger partial charge is 0.317 e. The van der Waals surface area contributed by atoms with E-state index in [-0.39, 0.29) is 18.2 Å². The van der Waals surface area contributed by atoms with E-state index in [1.54, 1.807) is 7.11 Å². The van der Waals surface area contributed by atoms with Crippen LogP contribution in [0.15, 0.2) is 24.3 Å². The van der Waals surface area contributed by atoms with Crippen LogP contribution in [0.4, 0.5) is 10.5 Å². The van der Waals surface area contributed by atoms with Gasteiger partial charge in [-0.1, -0.05) is 12.1 Å². The summed E-state index contributed by atoms with van der Waals surface area (Å²) < 4.78 is 10.8. The van der Waals surface area contributed by atoms with Crippen molar-refractivity contribution in [1.29, 1.82) is 0 Å². The average Bonchev–Trinajstić information content (AvgIpc) is 2.68. The molecule has 138 valence electrons. The van der Waals surface area contributed by atoms with Crippen molar-refractivity contribution in [2.24, 2.45) is 0 Å². The van der Waals surface area contributed by atoms with E-state index < -0.39 is 0 Å². The molecule has 3 rings (SSSR count). The minimum absolute atomic E-state index is 0.00786. The minimum atomic E-state index is -0.0193. The molecule has 0 aliphatic carbocycles. The number of urea groups is 1. The van der Waals surface area contributed by atoms with Gasteiger partial charge in [-0.25, -0.2) is 4.79 Å². The third-order valence-corrected chi connectivity index (χ3v) is 5.11. The van der Waals surface area contributed by atoms with E-state index in [2.05, 4.69) is 34.5 Å². The molecule has 0 unspecified atom stereocenters. The monoisotopic (exact) mass is 347 g/mol. The van der Waals surface area contributed by atoms with Gasteiger partial charge in [-0.05, 0) is 37.5 Å². The number of methoxy groups -OCH3 is 1. The summed E-state index contributed by atoms with van der Waals surface area (Å²) in [5, 5.41) is 3.11. The molecule has 0 radical (unpaired) electrons. The molecule has 2 fully saturated rings. The molecule has 6 nitrogen and oxygen atoms in total. The van der Waals surface area contributed by atoms with Crippen LogP contribution in [-0.4, -0.2) is 63.5 Å². The maximum Gasteiger partial charge on any atom is 0.317 e. The topological polar surface area (TPSA) is 54.0 Å². The van der Waals surface area contributed by atoms with Gasteiger partial charge in [-0.3, -0.25) is 0 Å². The summed E-state index contributed by atoms with van der Waals surface area (Å²) in [6.45, 7) is 6.93. The predicted molar refractivity (Wildman–Crippen MR) is 98.0 cm³/mol. The first-order valence-electron chi connectivity index (χ1n) is 9.18. The number of piperidine rings is 1. The summed E-state index contributed by atoms with van der Waals surface area (Å²) in [6, 6.07) is 8.44. The highest BCUT2D eigenvalue weighted by Gasteiger charge is 2.24. The Bertz CT molecular complexity index is 558. The third kappa shape index (κ3) is 4.64. The maximum atomic E-state index is 12.5. The first-order chi connectivity index (χ1) is 12.2. The fourth-order valence-electron chi connectivity index (χ4n) is 3.47. The van der Waals surface area contributed by atoms with Gasteiger partial charge in [0.15, 0.2) is 0 Å². The van der Waals surface area contributed by atoms with Crippen LogP contribution in [0.2, 0.25) is 0 Å². The number of amides is 2. The number of hydrogen-bond donors (Lipinski definition) is 1. The molecule has 0 spiro atoms. The van der Waals surface area contributed by atoms with Gasteiger partial charge < -0.3 is 24.6 Å². The molecule has 25 heavy (non-hydrogen) atoms. The Labute approximate surface area is 150 Å². The number of nitrogens with one attached hydrogen (secondary N) is 1. The van der Waals surface area contributed by atoms with Crippen molar-refractivity contribution in [3.8, 4) is 0 Å². The Morgan fingerprint density at radius 1 is 1.24 bits per heavy atom. The first kappa shape index (κ1) is 18.0. The lowest BCUT2D eigenvalue weighted by Gasteiger charge is -2.33. The maximum absolute atomic E-state index is 12.5. The van der Waals surface area contributed by atoms with Gasteiger partial charge in [0.05, 0.1) is 25.4 Å². The van der Waals surface area contributed by atoms with Crippen molar-refractivity contribution in [2.75, 3.05) is 51.4 Å². The van der Waals surface area contributed by atoms with Crippen molar-refractivity contribution in [2.45, 2.75) is 31.9 Å². The molecule has 2 heterocycles. The summed E-state index contributed by atoms with van der Waals surface area (Å²) in [7, 11) is 1.71. The van der Waals surface area contributed by atoms with Crippen LogP contribution in [0.1, 0.15) is 31.4 Å². The highest BCUT2D eigenvalue weighted by atomic mass is 16.5. The second-order valence-corrected chi connectivity index (χ2v) is 6.81. The van der Waals surface area contributed by atoms with Crippen molar-refractivity contribution in [3.05, 3.63) is 29.8 Å². The summed E-state index contributed by atoms with van der Waals surface area (Å²) in [5.74, 6) is 0. The molecule has 2 aliphatic heterocycles. The van der Waals surface area contributed by atoms with Crippen LogP contribution in [-0.2, 0) is 9.47 Å². The molecular formula is C19H29N3O3. The molecule has 0 bridgehead atoms. The number of carbonyl (C=O) groups excluding carboxylic acids is 1. The lowest BCUT2D eigenvalue weighted by atomic mass is 10.1. The fraction of sp³-hybridized carbons (Fsp3) is 0.632. The van der Waals surface area contributed by atoms with Crippen LogP contribution in [0, 0.1) is 0 Å². The van der Waals surface area contributed by atoms with E-state index in [0.717, 1.165) is 51.3 Å². The van der Waals surface area contributed by atoms with Gasteiger partial charge in [0.25, 0.3) is 0 Å². The molecule has 2 saturated heterocycles. The number of likely N-dealkylation sites (tertiary alicyclic amines) is 1. The molecule has 1 aromatic carbocycles. The molecule has 2 atom stereocenters. The van der Waals surface area contributed by atoms with Crippen LogP contribution >= 0.6 is 0 Å². The van der Waals surface area contributed by atoms with Gasteiger partial charge in [-0.2, -0.15) is 0 Å². The average molecular weight is 347 g/mol. The van der Waals surface area contributed by atoms with Gasteiger partial charge >= 0.3 is 6.03 Å². The van der Waals surface area contributed by atoms with Gasteiger partial charge in [0, 0.05) is 39.0 Å². The predicted octanol–water partition coefficient (Wildman–Crippen LogP) is 2.40. The molecule has 0 aromatic heterocycles. The van der Waals surface area contributed by atoms with Gasteiger partial charge in [0.1, 0.15) is 0 Å². The van der Waals surface area contributed by atoms with Crippen LogP contribution < -0.4 is 10.2 Å². The molecule has 0 saturated carbocycles. The number of ether oxygens (including phenoxy) is 2. The standard InChI is InChI=1S/C19H29N3O3/c1-15(20-19(23)22-9-3-4-18(14-22)24-2)16-5-7-17(8-6-16)21-10-12-25-13-11-21/h5-8,15,18H,3-4,9-14H2,1-2H3,(H,20,23)/t15-,18+/m0/s1. The first-order valence-corrected chi connectivity index (χ1v) is 9.18. The Morgan fingerprint density at radius 3 is 2.64 bits per heavy atom. The molecule has 6 heteroatoms. The second kappa shape index (κ2) is 8.54. The Balaban J connectivity index is 1.55. The lowest BCUT2D eigenvalue weighted by Crippen LogP contribution is -2.48. The number of rotatable bonds is 4. The number of nitrogens with zero attached hydrogens (tertiary/aromatic N) is 2. The Kier molecular flexibility index (Phi) is 6.15. The van der Waals surface area contributed by atoms with E-state index in [0.29, 0.717) is 6.54 Å². The molecule has 1 aromatic rings. The largest absolute Gasteiger partial charge is 0.380 e. The van der Waals surface area contributed by atoms with Crippen LogP contribution in [0.3, 0.4) is 0 Å². The number of morpholine rings is 1. The number of carbonyl (C=O) groups is 1. The zero-order chi connectivity index (χ0) is 17.6. The zero-order valence-corrected chi connectivity index (χ0v) is 15.2. The zero-order valence-electron chi connectivity index (χ0n) is 15.2. The summed E-state index contributed by atoms with van der Waals surface area (Å²) in [4.78, 5) is 16.7. The van der Waals surface area contributed by atoms with Crippen LogP contribution in [0.5, 0.6) is 0 Å². The summed E-state index contributed by atoms with van der Waals surface area (Å²) in [6.07, 6.45) is 2.18. The second-order valence-electron chi connectivity index (χ2n) is 6.81. The van der Waals surface area contributed by atoms with E-state index >= 15 is 0 Å². The summed E-state index contributed by atoms with van der Waals surface area (Å²) in [5.41, 5.74) is 2.33. The normalized spacial score (nSPS) is 22.6. The Morgan fingerprint density at radius 2 is 1.96 bits per heavy atom. The molecular weight excluding hydrogens is 318 g/mol. The van der Waals surface area contributed by atoms with Gasteiger partial charge in [-0.15, -0.1) is 0 Å². The SMILES string of the molecule is CO[C@@H]1CCCN(C(=O)N[C@@H](C)c2ccc(N3CCOCC3)cc2)C1. The molecule has 2 aliphatic rings. The highest BCUT2D eigenvalue weighted by Crippen LogP contribution is 2.21. The molecule has 2 amide bonds. The Hall–Kier alpha value is -1.79. The van der Waals surface area contributed by atoms with Crippen molar-refractivity contribution >= 4 is 11.7 Å². The van der Waals surface area contributed by atoms with E-state index in [1.165, 1.54) is 5.69 Å². The van der Waals surface area contributed by atoms with Gasteiger partial charge in [0.2, 0.25) is 0 Å². The van der Waals surface area contributed by atoms with Crippen molar-refractivity contribution in [1.82, 2.24) is 10.2 Å².